The van der Waals surface area contributed by atoms with Crippen LogP contribution in [0.4, 0.5) is 4.39 Å². The molecule has 202 valence electrons. The monoisotopic (exact) mass is 526 g/mol. The third kappa shape index (κ3) is 6.06. The summed E-state index contributed by atoms with van der Waals surface area (Å²) < 4.78 is 20.9. The average Bonchev–Trinajstić information content (AvgIpc) is 3.31. The van der Waals surface area contributed by atoms with Crippen molar-refractivity contribution in [2.45, 2.75) is 45.6 Å². The van der Waals surface area contributed by atoms with E-state index in [2.05, 4.69) is 48.0 Å². The summed E-state index contributed by atoms with van der Waals surface area (Å²) in [6.07, 6.45) is 3.77. The maximum Gasteiger partial charge on any atom is 0.309 e. The van der Waals surface area contributed by atoms with Crippen molar-refractivity contribution in [1.29, 1.82) is 0 Å². The smallest absolute Gasteiger partial charge is 0.309 e. The SMILES string of the molecule is CCOC(=O)C1CCN(C(=O)C[C@H](c2cccc(C)c2)c2cn(Cc3ccc(F)cc3)c3ccccc23)CC1. The fourth-order valence-electron chi connectivity index (χ4n) is 5.69. The first-order valence-corrected chi connectivity index (χ1v) is 13.8. The molecule has 0 N–H and O–H groups in total. The van der Waals surface area contributed by atoms with E-state index in [1.54, 1.807) is 0 Å². The van der Waals surface area contributed by atoms with Crippen LogP contribution >= 0.6 is 0 Å². The molecule has 4 aromatic rings. The van der Waals surface area contributed by atoms with Crippen LogP contribution in [0.25, 0.3) is 10.9 Å². The van der Waals surface area contributed by atoms with Crippen molar-refractivity contribution >= 4 is 22.8 Å². The normalized spacial score (nSPS) is 14.9. The third-order valence-electron chi connectivity index (χ3n) is 7.75. The Kier molecular flexibility index (Phi) is 8.10. The summed E-state index contributed by atoms with van der Waals surface area (Å²) in [5.74, 6) is -0.568. The lowest BCUT2D eigenvalue weighted by Gasteiger charge is -2.32. The van der Waals surface area contributed by atoms with Crippen LogP contribution in [0.1, 0.15) is 54.4 Å². The van der Waals surface area contributed by atoms with Crippen molar-refractivity contribution in [1.82, 2.24) is 9.47 Å². The summed E-state index contributed by atoms with van der Waals surface area (Å²) in [4.78, 5) is 27.8. The molecule has 1 aromatic heterocycles. The topological polar surface area (TPSA) is 51.5 Å². The first-order chi connectivity index (χ1) is 18.9. The van der Waals surface area contributed by atoms with Crippen molar-refractivity contribution in [3.63, 3.8) is 0 Å². The molecule has 0 aliphatic carbocycles. The van der Waals surface area contributed by atoms with Crippen LogP contribution in [0.2, 0.25) is 0 Å². The highest BCUT2D eigenvalue weighted by Crippen LogP contribution is 2.36. The number of carbonyl (C=O) groups excluding carboxylic acids is 2. The van der Waals surface area contributed by atoms with Gasteiger partial charge in [0.15, 0.2) is 0 Å². The van der Waals surface area contributed by atoms with E-state index in [0.717, 1.165) is 33.2 Å². The number of amides is 1. The van der Waals surface area contributed by atoms with Gasteiger partial charge in [-0.2, -0.15) is 0 Å². The average molecular weight is 527 g/mol. The van der Waals surface area contributed by atoms with E-state index in [0.29, 0.717) is 45.5 Å². The van der Waals surface area contributed by atoms with Crippen LogP contribution in [0.5, 0.6) is 0 Å². The number of aromatic nitrogens is 1. The van der Waals surface area contributed by atoms with E-state index in [9.17, 15) is 14.0 Å². The largest absolute Gasteiger partial charge is 0.466 e. The molecule has 1 aliphatic rings. The summed E-state index contributed by atoms with van der Waals surface area (Å²) in [7, 11) is 0. The van der Waals surface area contributed by atoms with E-state index in [-0.39, 0.29) is 29.5 Å². The Labute approximate surface area is 229 Å². The summed E-state index contributed by atoms with van der Waals surface area (Å²) >= 11 is 0. The van der Waals surface area contributed by atoms with Gasteiger partial charge in [0.05, 0.1) is 12.5 Å². The second-order valence-electron chi connectivity index (χ2n) is 10.4. The Balaban J connectivity index is 1.45. The van der Waals surface area contributed by atoms with Gasteiger partial charge in [-0.25, -0.2) is 4.39 Å². The lowest BCUT2D eigenvalue weighted by Crippen LogP contribution is -2.41. The van der Waals surface area contributed by atoms with Crippen LogP contribution < -0.4 is 0 Å². The van der Waals surface area contributed by atoms with Gasteiger partial charge in [0.25, 0.3) is 0 Å². The fraction of sp³-hybridized carbons (Fsp3) is 0.333. The number of fused-ring (bicyclic) bond motifs is 1. The van der Waals surface area contributed by atoms with Gasteiger partial charge in [-0.15, -0.1) is 0 Å². The van der Waals surface area contributed by atoms with Crippen LogP contribution in [-0.4, -0.2) is 41.0 Å². The Hall–Kier alpha value is -3.93. The fourth-order valence-corrected chi connectivity index (χ4v) is 5.69. The molecule has 1 fully saturated rings. The first-order valence-electron chi connectivity index (χ1n) is 13.8. The highest BCUT2D eigenvalue weighted by Gasteiger charge is 2.30. The molecule has 0 saturated carbocycles. The van der Waals surface area contributed by atoms with E-state index in [1.165, 1.54) is 12.1 Å². The van der Waals surface area contributed by atoms with Gasteiger partial charge in [-0.1, -0.05) is 60.2 Å². The molecule has 1 atom stereocenters. The second-order valence-corrected chi connectivity index (χ2v) is 10.4. The van der Waals surface area contributed by atoms with Gasteiger partial charge < -0.3 is 14.2 Å². The number of esters is 1. The van der Waals surface area contributed by atoms with Crippen LogP contribution in [0, 0.1) is 18.7 Å². The van der Waals surface area contributed by atoms with Gasteiger partial charge in [-0.05, 0) is 61.6 Å². The van der Waals surface area contributed by atoms with Crippen molar-refractivity contribution in [3.8, 4) is 0 Å². The molecule has 6 heteroatoms. The number of ether oxygens (including phenoxy) is 1. The first kappa shape index (κ1) is 26.7. The Morgan fingerprint density at radius 3 is 2.46 bits per heavy atom. The molecule has 1 aliphatic heterocycles. The Bertz CT molecular complexity index is 1450. The molecule has 0 spiro atoms. The van der Waals surface area contributed by atoms with E-state index in [1.807, 2.05) is 42.2 Å². The molecular weight excluding hydrogens is 491 g/mol. The molecule has 39 heavy (non-hydrogen) atoms. The number of rotatable bonds is 8. The van der Waals surface area contributed by atoms with E-state index in [4.69, 9.17) is 4.74 Å². The number of carbonyl (C=O) groups is 2. The zero-order valence-electron chi connectivity index (χ0n) is 22.6. The molecular formula is C33H35FN2O3. The van der Waals surface area contributed by atoms with Crippen LogP contribution in [0.3, 0.4) is 0 Å². The minimum atomic E-state index is -0.249. The Morgan fingerprint density at radius 2 is 1.74 bits per heavy atom. The highest BCUT2D eigenvalue weighted by atomic mass is 19.1. The summed E-state index contributed by atoms with van der Waals surface area (Å²) in [6.45, 7) is 6.00. The molecule has 0 bridgehead atoms. The van der Waals surface area contributed by atoms with Gasteiger partial charge in [0.1, 0.15) is 5.82 Å². The Morgan fingerprint density at radius 1 is 1.00 bits per heavy atom. The van der Waals surface area contributed by atoms with Crippen LogP contribution in [-0.2, 0) is 20.9 Å². The van der Waals surface area contributed by atoms with Crippen LogP contribution in [0.15, 0.2) is 79.0 Å². The molecule has 5 nitrogen and oxygen atoms in total. The van der Waals surface area contributed by atoms with Crippen molar-refractivity contribution in [2.75, 3.05) is 19.7 Å². The number of nitrogens with zero attached hydrogens (tertiary/aromatic N) is 2. The van der Waals surface area contributed by atoms with Gasteiger partial charge in [0.2, 0.25) is 5.91 Å². The lowest BCUT2D eigenvalue weighted by atomic mass is 9.86. The lowest BCUT2D eigenvalue weighted by molar-refractivity contribution is -0.151. The summed E-state index contributed by atoms with van der Waals surface area (Å²) in [6, 6.07) is 23.2. The zero-order chi connectivity index (χ0) is 27.4. The van der Waals surface area contributed by atoms with Crippen molar-refractivity contribution in [3.05, 3.63) is 107 Å². The molecule has 1 amide bonds. The highest BCUT2D eigenvalue weighted by molar-refractivity contribution is 5.87. The summed E-state index contributed by atoms with van der Waals surface area (Å²) in [5, 5.41) is 1.11. The predicted molar refractivity (Wildman–Crippen MR) is 151 cm³/mol. The van der Waals surface area contributed by atoms with E-state index < -0.39 is 0 Å². The maximum absolute atomic E-state index is 13.7. The van der Waals surface area contributed by atoms with E-state index >= 15 is 0 Å². The third-order valence-corrected chi connectivity index (χ3v) is 7.75. The number of hydrogen-bond donors (Lipinski definition) is 0. The number of aryl methyl sites for hydroxylation is 1. The molecule has 3 aromatic carbocycles. The minimum Gasteiger partial charge on any atom is -0.466 e. The number of para-hydroxylation sites is 1. The molecule has 0 unspecified atom stereocenters. The van der Waals surface area contributed by atoms with Gasteiger partial charge >= 0.3 is 5.97 Å². The van der Waals surface area contributed by atoms with Crippen molar-refractivity contribution in [2.24, 2.45) is 5.92 Å². The summed E-state index contributed by atoms with van der Waals surface area (Å²) in [5.41, 5.74) is 5.45. The second kappa shape index (κ2) is 11.9. The predicted octanol–water partition coefficient (Wildman–Crippen LogP) is 6.46. The number of halogens is 1. The minimum absolute atomic E-state index is 0.0965. The molecule has 5 rings (SSSR count). The number of hydrogen-bond acceptors (Lipinski definition) is 3. The van der Waals surface area contributed by atoms with Gasteiger partial charge in [0, 0.05) is 49.1 Å². The zero-order valence-corrected chi connectivity index (χ0v) is 22.6. The standard InChI is InChI=1S/C33H35FN2O3/c1-3-39-33(38)25-15-17-35(18-16-25)32(37)20-29(26-8-6-7-23(2)19-26)30-22-36(31-10-5-4-9-28(30)31)21-24-11-13-27(34)14-12-24/h4-14,19,22,25,29H,3,15-18,20-21H2,1-2H3/t29-/m1/s1. The molecule has 1 saturated heterocycles. The van der Waals surface area contributed by atoms with Crippen molar-refractivity contribution < 1.29 is 18.7 Å². The maximum atomic E-state index is 13.7. The quantitative estimate of drug-likeness (QED) is 0.248. The molecule has 0 radical (unpaired) electrons. The van der Waals surface area contributed by atoms with Gasteiger partial charge in [-0.3, -0.25) is 9.59 Å². The molecule has 2 heterocycles. The number of piperidine rings is 1. The number of likely N-dealkylation sites (tertiary alicyclic amines) is 1. The number of benzene rings is 3.